The van der Waals surface area contributed by atoms with Crippen molar-refractivity contribution in [3.05, 3.63) is 40.0 Å². The first-order valence-corrected chi connectivity index (χ1v) is 5.04. The molecule has 0 aliphatic rings. The Bertz CT molecular complexity index is 440. The van der Waals surface area contributed by atoms with Gasteiger partial charge in [-0.3, -0.25) is 5.84 Å². The molecule has 2 rings (SSSR count). The van der Waals surface area contributed by atoms with E-state index in [1.807, 2.05) is 18.2 Å². The third-order valence-corrected chi connectivity index (χ3v) is 2.97. The molecule has 0 aromatic heterocycles. The number of nitrogen functional groups attached to an aromatic ring is 1. The zero-order valence-electron chi connectivity index (χ0n) is 6.92. The Morgan fingerprint density at radius 3 is 2.38 bits per heavy atom. The molecule has 2 nitrogen and oxygen atoms in total. The van der Waals surface area contributed by atoms with Crippen molar-refractivity contribution in [3.8, 4) is 0 Å². The average molecular weight is 284 g/mol. The smallest absolute Gasteiger partial charge is 0.0564 e. The van der Waals surface area contributed by atoms with E-state index in [-0.39, 0.29) is 0 Å². The molecule has 0 aliphatic carbocycles. The maximum atomic E-state index is 5.41. The molecule has 0 saturated heterocycles. The minimum absolute atomic E-state index is 0.969. The molecule has 3 N–H and O–H groups in total. The van der Waals surface area contributed by atoms with Gasteiger partial charge < -0.3 is 5.43 Å². The van der Waals surface area contributed by atoms with Gasteiger partial charge in [0.1, 0.15) is 0 Å². The SMILES string of the molecule is NNc1ccc(I)c2ccccc12. The van der Waals surface area contributed by atoms with Crippen LogP contribution in [0, 0.1) is 3.57 Å². The van der Waals surface area contributed by atoms with Gasteiger partial charge in [0, 0.05) is 8.96 Å². The summed E-state index contributed by atoms with van der Waals surface area (Å²) in [5.41, 5.74) is 3.66. The minimum Gasteiger partial charge on any atom is -0.324 e. The van der Waals surface area contributed by atoms with Gasteiger partial charge in [-0.05, 0) is 40.1 Å². The largest absolute Gasteiger partial charge is 0.324 e. The van der Waals surface area contributed by atoms with Gasteiger partial charge in [0.25, 0.3) is 0 Å². The lowest BCUT2D eigenvalue weighted by Crippen LogP contribution is -2.07. The molecule has 0 fully saturated rings. The molecule has 0 spiro atoms. The van der Waals surface area contributed by atoms with Gasteiger partial charge in [0.15, 0.2) is 0 Å². The summed E-state index contributed by atoms with van der Waals surface area (Å²) in [4.78, 5) is 0. The Hall–Kier alpha value is -0.810. The van der Waals surface area contributed by atoms with Crippen LogP contribution in [0.1, 0.15) is 0 Å². The molecule has 13 heavy (non-hydrogen) atoms. The van der Waals surface area contributed by atoms with Crippen LogP contribution in [0.3, 0.4) is 0 Å². The van der Waals surface area contributed by atoms with Crippen LogP contribution in [0.5, 0.6) is 0 Å². The molecule has 2 aromatic rings. The van der Waals surface area contributed by atoms with Gasteiger partial charge in [-0.15, -0.1) is 0 Å². The van der Waals surface area contributed by atoms with E-state index >= 15 is 0 Å². The maximum Gasteiger partial charge on any atom is 0.0564 e. The number of nitrogens with two attached hydrogens (primary N) is 1. The molecule has 0 amide bonds. The Morgan fingerprint density at radius 1 is 1.00 bits per heavy atom. The van der Waals surface area contributed by atoms with E-state index in [4.69, 9.17) is 5.84 Å². The van der Waals surface area contributed by atoms with E-state index in [1.54, 1.807) is 0 Å². The van der Waals surface area contributed by atoms with Crippen molar-refractivity contribution < 1.29 is 0 Å². The third-order valence-electron chi connectivity index (χ3n) is 2.03. The average Bonchev–Trinajstić information content (AvgIpc) is 2.19. The number of nitrogens with one attached hydrogen (secondary N) is 1. The number of rotatable bonds is 1. The van der Waals surface area contributed by atoms with E-state index in [0.717, 1.165) is 11.1 Å². The Balaban J connectivity index is 2.84. The van der Waals surface area contributed by atoms with Crippen molar-refractivity contribution in [1.82, 2.24) is 0 Å². The second-order valence-electron chi connectivity index (χ2n) is 2.78. The van der Waals surface area contributed by atoms with Gasteiger partial charge in [-0.25, -0.2) is 0 Å². The normalized spacial score (nSPS) is 10.3. The summed E-state index contributed by atoms with van der Waals surface area (Å²) in [5.74, 6) is 5.41. The molecule has 0 bridgehead atoms. The fourth-order valence-corrected chi connectivity index (χ4v) is 2.04. The van der Waals surface area contributed by atoms with E-state index < -0.39 is 0 Å². The van der Waals surface area contributed by atoms with Crippen LogP contribution in [-0.4, -0.2) is 0 Å². The van der Waals surface area contributed by atoms with Crippen molar-refractivity contribution in [1.29, 1.82) is 0 Å². The number of hydrogen-bond acceptors (Lipinski definition) is 2. The Morgan fingerprint density at radius 2 is 1.69 bits per heavy atom. The van der Waals surface area contributed by atoms with Crippen molar-refractivity contribution in [3.63, 3.8) is 0 Å². The lowest BCUT2D eigenvalue weighted by molar-refractivity contribution is 1.37. The van der Waals surface area contributed by atoms with E-state index in [2.05, 4.69) is 46.2 Å². The van der Waals surface area contributed by atoms with Gasteiger partial charge in [-0.1, -0.05) is 24.3 Å². The minimum atomic E-state index is 0.969. The highest BCUT2D eigenvalue weighted by molar-refractivity contribution is 14.1. The maximum absolute atomic E-state index is 5.41. The summed E-state index contributed by atoms with van der Waals surface area (Å²) < 4.78 is 1.24. The lowest BCUT2D eigenvalue weighted by atomic mass is 10.1. The van der Waals surface area contributed by atoms with Crippen LogP contribution in [0.2, 0.25) is 0 Å². The topological polar surface area (TPSA) is 38.0 Å². The highest BCUT2D eigenvalue weighted by Crippen LogP contribution is 2.26. The van der Waals surface area contributed by atoms with Gasteiger partial charge in [0.2, 0.25) is 0 Å². The van der Waals surface area contributed by atoms with Gasteiger partial charge in [-0.2, -0.15) is 0 Å². The molecule has 0 unspecified atom stereocenters. The fourth-order valence-electron chi connectivity index (χ4n) is 1.39. The molecule has 2 aromatic carbocycles. The van der Waals surface area contributed by atoms with Crippen LogP contribution < -0.4 is 11.3 Å². The van der Waals surface area contributed by atoms with Gasteiger partial charge in [0.05, 0.1) is 5.69 Å². The molecular formula is C10H9IN2. The molecule has 0 aliphatic heterocycles. The number of benzene rings is 2. The molecule has 0 saturated carbocycles. The molecule has 3 heteroatoms. The highest BCUT2D eigenvalue weighted by atomic mass is 127. The number of halogens is 1. The van der Waals surface area contributed by atoms with Crippen LogP contribution in [-0.2, 0) is 0 Å². The Labute approximate surface area is 90.2 Å². The molecule has 0 radical (unpaired) electrons. The predicted molar refractivity (Wildman–Crippen MR) is 64.5 cm³/mol. The van der Waals surface area contributed by atoms with Crippen molar-refractivity contribution in [2.75, 3.05) is 5.43 Å². The quantitative estimate of drug-likeness (QED) is 0.480. The first-order valence-electron chi connectivity index (χ1n) is 3.97. The Kier molecular flexibility index (Phi) is 2.37. The number of fused-ring (bicyclic) bond motifs is 1. The predicted octanol–water partition coefficient (Wildman–Crippen LogP) is 2.73. The van der Waals surface area contributed by atoms with Crippen LogP contribution in [0.25, 0.3) is 10.8 Å². The summed E-state index contributed by atoms with van der Waals surface area (Å²) in [6.07, 6.45) is 0. The first-order chi connectivity index (χ1) is 6.33. The number of hydrazine groups is 1. The second-order valence-corrected chi connectivity index (χ2v) is 3.95. The monoisotopic (exact) mass is 284 g/mol. The fraction of sp³-hybridized carbons (Fsp3) is 0. The lowest BCUT2D eigenvalue weighted by Gasteiger charge is -2.06. The summed E-state index contributed by atoms with van der Waals surface area (Å²) in [5, 5.41) is 2.40. The van der Waals surface area contributed by atoms with Crippen LogP contribution in [0.15, 0.2) is 36.4 Å². The molecule has 0 heterocycles. The first kappa shape index (κ1) is 8.77. The van der Waals surface area contributed by atoms with Crippen molar-refractivity contribution in [2.24, 2.45) is 5.84 Å². The second kappa shape index (κ2) is 3.51. The molecule has 0 atom stereocenters. The van der Waals surface area contributed by atoms with Crippen molar-refractivity contribution in [2.45, 2.75) is 0 Å². The zero-order valence-corrected chi connectivity index (χ0v) is 9.08. The summed E-state index contributed by atoms with van der Waals surface area (Å²) in [7, 11) is 0. The summed E-state index contributed by atoms with van der Waals surface area (Å²) in [6.45, 7) is 0. The number of hydrogen-bond donors (Lipinski definition) is 2. The number of anilines is 1. The van der Waals surface area contributed by atoms with Gasteiger partial charge >= 0.3 is 0 Å². The standard InChI is InChI=1S/C10H9IN2/c11-9-5-6-10(13-12)8-4-2-1-3-7(8)9/h1-6,13H,12H2. The summed E-state index contributed by atoms with van der Waals surface area (Å²) in [6, 6.07) is 12.2. The van der Waals surface area contributed by atoms with E-state index in [9.17, 15) is 0 Å². The molecular weight excluding hydrogens is 275 g/mol. The van der Waals surface area contributed by atoms with E-state index in [0.29, 0.717) is 0 Å². The highest BCUT2D eigenvalue weighted by Gasteiger charge is 2.01. The van der Waals surface area contributed by atoms with Crippen LogP contribution >= 0.6 is 22.6 Å². The van der Waals surface area contributed by atoms with E-state index in [1.165, 1.54) is 8.96 Å². The third kappa shape index (κ3) is 1.49. The summed E-state index contributed by atoms with van der Waals surface area (Å²) >= 11 is 2.32. The zero-order chi connectivity index (χ0) is 9.26. The van der Waals surface area contributed by atoms with Crippen molar-refractivity contribution >= 4 is 39.1 Å². The van der Waals surface area contributed by atoms with Crippen LogP contribution in [0.4, 0.5) is 5.69 Å². The molecule has 66 valence electrons.